The fraction of sp³-hybridized carbons (Fsp3) is 0.190. The summed E-state index contributed by atoms with van der Waals surface area (Å²) in [4.78, 5) is 48.2. The molecule has 0 bridgehead atoms. The zero-order chi connectivity index (χ0) is 19.4. The molecule has 2 aromatic carbocycles. The highest BCUT2D eigenvalue weighted by Crippen LogP contribution is 2.29. The van der Waals surface area contributed by atoms with Gasteiger partial charge in [-0.1, -0.05) is 17.2 Å². The summed E-state index contributed by atoms with van der Waals surface area (Å²) in [5.74, 6) is -2.00. The van der Waals surface area contributed by atoms with E-state index < -0.39 is 17.8 Å². The van der Waals surface area contributed by atoms with Gasteiger partial charge in [-0.25, -0.2) is 4.79 Å². The molecule has 0 aliphatic carbocycles. The number of aromatic nitrogens is 1. The summed E-state index contributed by atoms with van der Waals surface area (Å²) < 4.78 is 0. The molecular formula is C21H17N3O4. The zero-order valence-corrected chi connectivity index (χ0v) is 15.2. The zero-order valence-electron chi connectivity index (χ0n) is 15.2. The summed E-state index contributed by atoms with van der Waals surface area (Å²) in [7, 11) is 2.06. The van der Waals surface area contributed by atoms with Crippen LogP contribution in [-0.4, -0.2) is 46.3 Å². The molecule has 3 aromatic rings. The number of fused-ring (bicyclic) bond motifs is 4. The Morgan fingerprint density at radius 1 is 1.07 bits per heavy atom. The molecule has 2 aliphatic heterocycles. The Bertz CT molecular complexity index is 1130. The smallest absolute Gasteiger partial charge is 0.358 e. The second kappa shape index (κ2) is 6.03. The molecule has 28 heavy (non-hydrogen) atoms. The molecule has 5 rings (SSSR count). The molecule has 0 saturated carbocycles. The Labute approximate surface area is 160 Å². The van der Waals surface area contributed by atoms with Gasteiger partial charge in [-0.3, -0.25) is 9.59 Å². The number of hydrogen-bond acceptors (Lipinski definition) is 5. The highest BCUT2D eigenvalue weighted by Gasteiger charge is 2.38. The minimum atomic E-state index is -0.740. The maximum atomic E-state index is 12.7. The second-order valence-electron chi connectivity index (χ2n) is 7.16. The lowest BCUT2D eigenvalue weighted by molar-refractivity contribution is -0.0584. The van der Waals surface area contributed by atoms with Crippen molar-refractivity contribution in [1.29, 1.82) is 0 Å². The second-order valence-corrected chi connectivity index (χ2v) is 7.16. The Morgan fingerprint density at radius 2 is 1.79 bits per heavy atom. The quantitative estimate of drug-likeness (QED) is 0.696. The number of nitrogens with zero attached hydrogens (tertiary/aromatic N) is 2. The van der Waals surface area contributed by atoms with Gasteiger partial charge in [0.15, 0.2) is 0 Å². The number of H-pyrrole nitrogens is 1. The lowest BCUT2D eigenvalue weighted by Crippen LogP contribution is -2.32. The largest absolute Gasteiger partial charge is 0.363 e. The Balaban J connectivity index is 1.45. The predicted octanol–water partition coefficient (Wildman–Crippen LogP) is 2.52. The first-order valence-electron chi connectivity index (χ1n) is 9.05. The average molecular weight is 375 g/mol. The highest BCUT2D eigenvalue weighted by atomic mass is 16.7. The summed E-state index contributed by atoms with van der Waals surface area (Å²) in [5.41, 5.74) is 4.06. The van der Waals surface area contributed by atoms with Gasteiger partial charge in [0.05, 0.1) is 16.7 Å². The third-order valence-electron chi connectivity index (χ3n) is 5.33. The molecule has 3 heterocycles. The Kier molecular flexibility index (Phi) is 3.60. The van der Waals surface area contributed by atoms with Crippen LogP contribution in [0.2, 0.25) is 0 Å². The fourth-order valence-corrected chi connectivity index (χ4v) is 3.86. The molecule has 7 nitrogen and oxygen atoms in total. The molecule has 0 saturated heterocycles. The van der Waals surface area contributed by atoms with Gasteiger partial charge < -0.3 is 14.7 Å². The van der Waals surface area contributed by atoms with E-state index in [4.69, 9.17) is 4.84 Å². The first-order chi connectivity index (χ1) is 13.5. The predicted molar refractivity (Wildman–Crippen MR) is 101 cm³/mol. The molecule has 140 valence electrons. The number of hydrogen-bond donors (Lipinski definition) is 1. The van der Waals surface area contributed by atoms with Gasteiger partial charge in [0, 0.05) is 36.1 Å². The van der Waals surface area contributed by atoms with Crippen LogP contribution >= 0.6 is 0 Å². The lowest BCUT2D eigenvalue weighted by Gasteiger charge is -2.22. The van der Waals surface area contributed by atoms with E-state index in [1.54, 1.807) is 24.3 Å². The van der Waals surface area contributed by atoms with E-state index in [9.17, 15) is 14.4 Å². The summed E-state index contributed by atoms with van der Waals surface area (Å²) in [6.45, 7) is 1.78. The van der Waals surface area contributed by atoms with Crippen molar-refractivity contribution in [3.63, 3.8) is 0 Å². The number of likely N-dealkylation sites (N-methyl/N-ethyl adjacent to an activating group) is 1. The van der Waals surface area contributed by atoms with Gasteiger partial charge in [-0.15, -0.1) is 0 Å². The molecule has 0 spiro atoms. The van der Waals surface area contributed by atoms with Crippen molar-refractivity contribution in [2.75, 3.05) is 13.6 Å². The van der Waals surface area contributed by atoms with E-state index in [-0.39, 0.29) is 11.1 Å². The van der Waals surface area contributed by atoms with E-state index in [0.29, 0.717) is 10.6 Å². The van der Waals surface area contributed by atoms with Crippen LogP contribution in [0.1, 0.15) is 42.3 Å². The number of nitrogens with one attached hydrogen (secondary N) is 1. The van der Waals surface area contributed by atoms with Crippen LogP contribution in [0.5, 0.6) is 0 Å². The van der Waals surface area contributed by atoms with E-state index in [1.165, 1.54) is 23.4 Å². The van der Waals surface area contributed by atoms with Gasteiger partial charge in [0.1, 0.15) is 0 Å². The van der Waals surface area contributed by atoms with Gasteiger partial charge in [-0.2, -0.15) is 0 Å². The van der Waals surface area contributed by atoms with Gasteiger partial charge >= 0.3 is 5.97 Å². The number of rotatable bonds is 2. The molecule has 1 N–H and O–H groups in total. The summed E-state index contributed by atoms with van der Waals surface area (Å²) in [6.07, 6.45) is 0.926. The first kappa shape index (κ1) is 16.7. The topological polar surface area (TPSA) is 82.7 Å². The van der Waals surface area contributed by atoms with Crippen molar-refractivity contribution in [3.05, 3.63) is 70.4 Å². The van der Waals surface area contributed by atoms with Crippen LogP contribution in [0.15, 0.2) is 42.5 Å². The summed E-state index contributed by atoms with van der Waals surface area (Å²) >= 11 is 0. The van der Waals surface area contributed by atoms with Gasteiger partial charge in [-0.05, 0) is 42.9 Å². The van der Waals surface area contributed by atoms with Gasteiger partial charge in [0.25, 0.3) is 11.8 Å². The van der Waals surface area contributed by atoms with Crippen LogP contribution < -0.4 is 0 Å². The van der Waals surface area contributed by atoms with Gasteiger partial charge in [0.2, 0.25) is 0 Å². The lowest BCUT2D eigenvalue weighted by atomic mass is 10.0. The van der Waals surface area contributed by atoms with Crippen LogP contribution in [0.3, 0.4) is 0 Å². The molecule has 1 aromatic heterocycles. The van der Waals surface area contributed by atoms with E-state index in [1.807, 2.05) is 6.07 Å². The highest BCUT2D eigenvalue weighted by molar-refractivity contribution is 6.21. The third kappa shape index (κ3) is 2.44. The van der Waals surface area contributed by atoms with E-state index in [0.717, 1.165) is 30.4 Å². The Morgan fingerprint density at radius 3 is 2.50 bits per heavy atom. The fourth-order valence-electron chi connectivity index (χ4n) is 3.86. The average Bonchev–Trinajstić information content (AvgIpc) is 3.18. The van der Waals surface area contributed by atoms with Crippen LogP contribution in [0.25, 0.3) is 10.9 Å². The summed E-state index contributed by atoms with van der Waals surface area (Å²) in [5, 5.41) is 1.50. The number of carbonyl (C=O) groups is 3. The van der Waals surface area contributed by atoms with E-state index >= 15 is 0 Å². The SMILES string of the molecule is CN1CCc2[nH]c3ccc(C(=O)ON4C(=O)c5ccccc5C4=O)cc3c2C1. The normalized spacial score (nSPS) is 16.4. The number of imide groups is 1. The molecule has 0 atom stereocenters. The molecule has 2 aliphatic rings. The Hall–Kier alpha value is -3.45. The summed E-state index contributed by atoms with van der Waals surface area (Å²) in [6, 6.07) is 11.6. The van der Waals surface area contributed by atoms with Crippen molar-refractivity contribution in [1.82, 2.24) is 14.9 Å². The number of aromatic amines is 1. The molecular weight excluding hydrogens is 358 g/mol. The third-order valence-corrected chi connectivity index (χ3v) is 5.33. The number of hydroxylamine groups is 2. The standard InChI is InChI=1S/C21H17N3O4/c1-23-9-8-18-16(11-23)15-10-12(6-7-17(15)22-18)21(27)28-24-19(25)13-4-2-3-5-14(13)20(24)26/h2-7,10,22H,8-9,11H2,1H3. The van der Waals surface area contributed by atoms with E-state index in [2.05, 4.69) is 16.9 Å². The first-order valence-corrected chi connectivity index (χ1v) is 9.05. The molecule has 0 unspecified atom stereocenters. The number of amides is 2. The van der Waals surface area contributed by atoms with Crippen LogP contribution in [-0.2, 0) is 17.8 Å². The molecule has 0 radical (unpaired) electrons. The van der Waals surface area contributed by atoms with Crippen molar-refractivity contribution in [2.45, 2.75) is 13.0 Å². The minimum Gasteiger partial charge on any atom is -0.358 e. The van der Waals surface area contributed by atoms with Crippen LogP contribution in [0, 0.1) is 0 Å². The van der Waals surface area contributed by atoms with Crippen molar-refractivity contribution >= 4 is 28.7 Å². The molecule has 0 fully saturated rings. The maximum Gasteiger partial charge on any atom is 0.363 e. The maximum absolute atomic E-state index is 12.7. The van der Waals surface area contributed by atoms with Crippen molar-refractivity contribution in [2.24, 2.45) is 0 Å². The number of benzene rings is 2. The molecule has 7 heteroatoms. The monoisotopic (exact) mass is 375 g/mol. The van der Waals surface area contributed by atoms with Crippen molar-refractivity contribution in [3.8, 4) is 0 Å². The molecule has 2 amide bonds. The minimum absolute atomic E-state index is 0.235. The van der Waals surface area contributed by atoms with Crippen LogP contribution in [0.4, 0.5) is 0 Å². The number of carbonyl (C=O) groups excluding carboxylic acids is 3. The van der Waals surface area contributed by atoms with Crippen molar-refractivity contribution < 1.29 is 19.2 Å².